The van der Waals surface area contributed by atoms with Crippen molar-refractivity contribution >= 4 is 15.9 Å². The highest BCUT2D eigenvalue weighted by molar-refractivity contribution is 9.10. The third-order valence-corrected chi connectivity index (χ3v) is 5.06. The minimum atomic E-state index is 0.623. The number of hydrogen-bond acceptors (Lipinski definition) is 3. The SMILES string of the molecule is Cc1nn(C)c(CNC2CCN(C)C(C)C2)c1Br. The zero-order valence-electron chi connectivity index (χ0n) is 11.7. The maximum atomic E-state index is 4.42. The van der Waals surface area contributed by atoms with E-state index >= 15 is 0 Å². The summed E-state index contributed by atoms with van der Waals surface area (Å²) in [5, 5.41) is 8.09. The highest BCUT2D eigenvalue weighted by Gasteiger charge is 2.22. The number of aryl methyl sites for hydroxylation is 2. The van der Waals surface area contributed by atoms with Gasteiger partial charge in [0.2, 0.25) is 0 Å². The van der Waals surface area contributed by atoms with Gasteiger partial charge in [0.15, 0.2) is 0 Å². The molecule has 4 nitrogen and oxygen atoms in total. The van der Waals surface area contributed by atoms with Crippen molar-refractivity contribution in [1.82, 2.24) is 20.0 Å². The average Bonchev–Trinajstić information content (AvgIpc) is 2.56. The van der Waals surface area contributed by atoms with E-state index in [1.54, 1.807) is 0 Å². The maximum absolute atomic E-state index is 4.42. The number of hydrogen-bond donors (Lipinski definition) is 1. The van der Waals surface area contributed by atoms with Gasteiger partial charge in [-0.25, -0.2) is 0 Å². The van der Waals surface area contributed by atoms with Crippen LogP contribution in [-0.4, -0.2) is 40.4 Å². The topological polar surface area (TPSA) is 33.1 Å². The molecule has 102 valence electrons. The maximum Gasteiger partial charge on any atom is 0.0739 e. The number of aromatic nitrogens is 2. The summed E-state index contributed by atoms with van der Waals surface area (Å²) >= 11 is 3.62. The molecule has 1 aromatic rings. The molecule has 1 N–H and O–H groups in total. The summed E-state index contributed by atoms with van der Waals surface area (Å²) in [4.78, 5) is 2.43. The molecule has 2 rings (SSSR count). The van der Waals surface area contributed by atoms with Crippen LogP contribution in [0.5, 0.6) is 0 Å². The van der Waals surface area contributed by atoms with Gasteiger partial charge in [-0.2, -0.15) is 5.10 Å². The minimum absolute atomic E-state index is 0.623. The molecule has 0 aliphatic carbocycles. The Morgan fingerprint density at radius 3 is 2.72 bits per heavy atom. The zero-order valence-corrected chi connectivity index (χ0v) is 13.3. The van der Waals surface area contributed by atoms with Gasteiger partial charge in [0, 0.05) is 25.7 Å². The van der Waals surface area contributed by atoms with E-state index in [1.165, 1.54) is 25.1 Å². The van der Waals surface area contributed by atoms with E-state index in [4.69, 9.17) is 0 Å². The molecule has 0 saturated carbocycles. The third-order valence-electron chi connectivity index (χ3n) is 4.03. The lowest BCUT2D eigenvalue weighted by Crippen LogP contribution is -2.45. The fourth-order valence-electron chi connectivity index (χ4n) is 2.59. The van der Waals surface area contributed by atoms with Crippen LogP contribution in [0.2, 0.25) is 0 Å². The molecule has 1 aliphatic rings. The Labute approximate surface area is 118 Å². The molecule has 5 heteroatoms. The van der Waals surface area contributed by atoms with Gasteiger partial charge < -0.3 is 10.2 Å². The largest absolute Gasteiger partial charge is 0.308 e. The Bertz CT molecular complexity index is 415. The molecule has 1 aromatic heterocycles. The Kier molecular flexibility index (Phi) is 4.45. The van der Waals surface area contributed by atoms with E-state index in [1.807, 2.05) is 18.7 Å². The van der Waals surface area contributed by atoms with Crippen molar-refractivity contribution in [2.75, 3.05) is 13.6 Å². The van der Waals surface area contributed by atoms with Gasteiger partial charge in [-0.15, -0.1) is 0 Å². The van der Waals surface area contributed by atoms with Crippen molar-refractivity contribution in [1.29, 1.82) is 0 Å². The highest BCUT2D eigenvalue weighted by Crippen LogP contribution is 2.21. The molecule has 2 heterocycles. The van der Waals surface area contributed by atoms with Gasteiger partial charge in [-0.1, -0.05) is 0 Å². The Morgan fingerprint density at radius 1 is 1.44 bits per heavy atom. The second-order valence-electron chi connectivity index (χ2n) is 5.40. The molecule has 2 unspecified atom stereocenters. The molecule has 0 spiro atoms. The van der Waals surface area contributed by atoms with Crippen molar-refractivity contribution < 1.29 is 0 Å². The Balaban J connectivity index is 1.92. The molecular weight excluding hydrogens is 292 g/mol. The van der Waals surface area contributed by atoms with Crippen molar-refractivity contribution in [2.24, 2.45) is 7.05 Å². The molecule has 1 fully saturated rings. The fourth-order valence-corrected chi connectivity index (χ4v) is 3.06. The molecule has 2 atom stereocenters. The monoisotopic (exact) mass is 314 g/mol. The van der Waals surface area contributed by atoms with E-state index in [0.717, 1.165) is 16.7 Å². The molecule has 0 amide bonds. The summed E-state index contributed by atoms with van der Waals surface area (Å²) in [5.41, 5.74) is 2.30. The van der Waals surface area contributed by atoms with E-state index in [-0.39, 0.29) is 0 Å². The average molecular weight is 315 g/mol. The van der Waals surface area contributed by atoms with Gasteiger partial charge in [-0.05, 0) is 56.2 Å². The van der Waals surface area contributed by atoms with Gasteiger partial charge in [-0.3, -0.25) is 4.68 Å². The molecule has 0 aromatic carbocycles. The first-order valence-corrected chi connectivity index (χ1v) is 7.40. The summed E-state index contributed by atoms with van der Waals surface area (Å²) < 4.78 is 3.10. The molecule has 18 heavy (non-hydrogen) atoms. The van der Waals surface area contributed by atoms with E-state index < -0.39 is 0 Å². The number of likely N-dealkylation sites (tertiary alicyclic amines) is 1. The predicted molar refractivity (Wildman–Crippen MR) is 77.6 cm³/mol. The van der Waals surface area contributed by atoms with Crippen LogP contribution in [0.15, 0.2) is 4.47 Å². The number of nitrogens with zero attached hydrogens (tertiary/aromatic N) is 3. The lowest BCUT2D eigenvalue weighted by Gasteiger charge is -2.35. The number of nitrogens with one attached hydrogen (secondary N) is 1. The Morgan fingerprint density at radius 2 is 2.17 bits per heavy atom. The number of rotatable bonds is 3. The van der Waals surface area contributed by atoms with Crippen LogP contribution >= 0.6 is 15.9 Å². The summed E-state index contributed by atoms with van der Waals surface area (Å²) in [6, 6.07) is 1.30. The van der Waals surface area contributed by atoms with Gasteiger partial charge in [0.05, 0.1) is 15.9 Å². The van der Waals surface area contributed by atoms with Crippen LogP contribution in [0.25, 0.3) is 0 Å². The predicted octanol–water partition coefficient (Wildman–Crippen LogP) is 2.06. The lowest BCUT2D eigenvalue weighted by atomic mass is 9.99. The van der Waals surface area contributed by atoms with Crippen molar-refractivity contribution in [2.45, 2.75) is 45.3 Å². The van der Waals surface area contributed by atoms with E-state index in [9.17, 15) is 0 Å². The van der Waals surface area contributed by atoms with Crippen molar-refractivity contribution in [3.8, 4) is 0 Å². The standard InChI is InChI=1S/C13H23BrN4/c1-9-7-11(5-6-17(9)3)15-8-12-13(14)10(2)16-18(12)4/h9,11,15H,5-8H2,1-4H3. The van der Waals surface area contributed by atoms with E-state index in [0.29, 0.717) is 12.1 Å². The molecular formula is C13H23BrN4. The van der Waals surface area contributed by atoms with Crippen LogP contribution in [0, 0.1) is 6.92 Å². The van der Waals surface area contributed by atoms with Crippen LogP contribution < -0.4 is 5.32 Å². The third kappa shape index (κ3) is 2.95. The van der Waals surface area contributed by atoms with Gasteiger partial charge in [0.25, 0.3) is 0 Å². The van der Waals surface area contributed by atoms with Crippen LogP contribution in [0.3, 0.4) is 0 Å². The van der Waals surface area contributed by atoms with E-state index in [2.05, 4.69) is 45.2 Å². The van der Waals surface area contributed by atoms with Crippen LogP contribution in [0.4, 0.5) is 0 Å². The molecule has 1 saturated heterocycles. The summed E-state index contributed by atoms with van der Waals surface area (Å²) in [7, 11) is 4.22. The van der Waals surface area contributed by atoms with Crippen LogP contribution in [-0.2, 0) is 13.6 Å². The first-order valence-electron chi connectivity index (χ1n) is 6.60. The molecule has 0 radical (unpaired) electrons. The minimum Gasteiger partial charge on any atom is -0.308 e. The Hall–Kier alpha value is -0.390. The molecule has 0 bridgehead atoms. The highest BCUT2D eigenvalue weighted by atomic mass is 79.9. The summed E-state index contributed by atoms with van der Waals surface area (Å²) in [6.45, 7) is 6.41. The summed E-state index contributed by atoms with van der Waals surface area (Å²) in [5.74, 6) is 0. The first kappa shape index (κ1) is 14.0. The second kappa shape index (κ2) is 5.72. The lowest BCUT2D eigenvalue weighted by molar-refractivity contribution is 0.167. The quantitative estimate of drug-likeness (QED) is 0.927. The number of piperidine rings is 1. The zero-order chi connectivity index (χ0) is 13.3. The molecule has 1 aliphatic heterocycles. The fraction of sp³-hybridized carbons (Fsp3) is 0.769. The van der Waals surface area contributed by atoms with Gasteiger partial charge in [0.1, 0.15) is 0 Å². The summed E-state index contributed by atoms with van der Waals surface area (Å²) in [6.07, 6.45) is 2.46. The number of halogens is 1. The van der Waals surface area contributed by atoms with Crippen LogP contribution in [0.1, 0.15) is 31.2 Å². The normalized spacial score (nSPS) is 25.6. The first-order chi connectivity index (χ1) is 8.49. The second-order valence-corrected chi connectivity index (χ2v) is 6.19. The smallest absolute Gasteiger partial charge is 0.0739 e. The van der Waals surface area contributed by atoms with Crippen molar-refractivity contribution in [3.05, 3.63) is 15.9 Å². The van der Waals surface area contributed by atoms with Gasteiger partial charge >= 0.3 is 0 Å². The van der Waals surface area contributed by atoms with Crippen molar-refractivity contribution in [3.63, 3.8) is 0 Å².